The summed E-state index contributed by atoms with van der Waals surface area (Å²) in [6.45, 7) is 4.21. The first-order chi connectivity index (χ1) is 8.63. The average Bonchev–Trinajstić information content (AvgIpc) is 2.33. The van der Waals surface area contributed by atoms with E-state index in [4.69, 9.17) is 10.5 Å². The highest BCUT2D eigenvalue weighted by molar-refractivity contribution is 5.40. The molecule has 0 spiro atoms. The van der Waals surface area contributed by atoms with E-state index in [1.165, 1.54) is 0 Å². The lowest BCUT2D eigenvalue weighted by atomic mass is 10.4. The highest BCUT2D eigenvalue weighted by Gasteiger charge is 2.05. The van der Waals surface area contributed by atoms with Gasteiger partial charge in [-0.1, -0.05) is 13.3 Å². The zero-order valence-electron chi connectivity index (χ0n) is 11.3. The van der Waals surface area contributed by atoms with Crippen molar-refractivity contribution < 1.29 is 4.74 Å². The van der Waals surface area contributed by atoms with Crippen LogP contribution in [0.25, 0.3) is 0 Å². The summed E-state index contributed by atoms with van der Waals surface area (Å²) >= 11 is 0. The van der Waals surface area contributed by atoms with E-state index >= 15 is 0 Å². The maximum absolute atomic E-state index is 5.61. The van der Waals surface area contributed by atoms with Gasteiger partial charge in [-0.15, -0.1) is 0 Å². The molecular weight excluding hydrogens is 232 g/mol. The first-order valence-corrected chi connectivity index (χ1v) is 6.14. The van der Waals surface area contributed by atoms with Crippen LogP contribution in [0.5, 0.6) is 0 Å². The van der Waals surface area contributed by atoms with Gasteiger partial charge < -0.3 is 20.7 Å². The molecule has 0 aliphatic carbocycles. The summed E-state index contributed by atoms with van der Waals surface area (Å²) < 4.78 is 5.43. The first kappa shape index (κ1) is 14.4. The zero-order valence-corrected chi connectivity index (χ0v) is 11.3. The lowest BCUT2D eigenvalue weighted by Gasteiger charge is -2.12. The number of rotatable bonds is 8. The molecule has 0 unspecified atom stereocenters. The molecule has 1 aromatic rings. The van der Waals surface area contributed by atoms with Crippen LogP contribution in [0.2, 0.25) is 0 Å². The monoisotopic (exact) mass is 254 g/mol. The highest BCUT2D eigenvalue weighted by atomic mass is 16.5. The minimum absolute atomic E-state index is 0.211. The third-order valence-corrected chi connectivity index (χ3v) is 2.21. The van der Waals surface area contributed by atoms with E-state index in [-0.39, 0.29) is 5.95 Å². The van der Waals surface area contributed by atoms with Crippen LogP contribution in [0.15, 0.2) is 0 Å². The van der Waals surface area contributed by atoms with Gasteiger partial charge in [0.15, 0.2) is 0 Å². The van der Waals surface area contributed by atoms with Crippen molar-refractivity contribution in [2.75, 3.05) is 49.8 Å². The van der Waals surface area contributed by atoms with E-state index in [1.54, 1.807) is 4.90 Å². The van der Waals surface area contributed by atoms with Gasteiger partial charge in [0.25, 0.3) is 0 Å². The standard InChI is InChI=1S/C11H22N6O/c1-4-5-7-18-8-6-13-10-14-9(12)15-11(16-10)17(2)3/h4-8H2,1-3H3,(H3,12,13,14,15,16). The Hall–Kier alpha value is -1.63. The molecule has 3 N–H and O–H groups in total. The van der Waals surface area contributed by atoms with Crippen molar-refractivity contribution in [3.63, 3.8) is 0 Å². The van der Waals surface area contributed by atoms with Crippen LogP contribution >= 0.6 is 0 Å². The number of aromatic nitrogens is 3. The van der Waals surface area contributed by atoms with Crippen molar-refractivity contribution in [3.8, 4) is 0 Å². The molecule has 0 fully saturated rings. The van der Waals surface area contributed by atoms with Crippen LogP contribution in [0, 0.1) is 0 Å². The Labute approximate surface area is 108 Å². The number of hydrogen-bond donors (Lipinski definition) is 2. The van der Waals surface area contributed by atoms with Crippen molar-refractivity contribution >= 4 is 17.8 Å². The van der Waals surface area contributed by atoms with Gasteiger partial charge in [-0.05, 0) is 6.42 Å². The number of nitrogens with one attached hydrogen (secondary N) is 1. The second-order valence-electron chi connectivity index (χ2n) is 4.10. The minimum atomic E-state index is 0.211. The van der Waals surface area contributed by atoms with Gasteiger partial charge in [0.05, 0.1) is 6.61 Å². The van der Waals surface area contributed by atoms with Crippen molar-refractivity contribution in [1.29, 1.82) is 0 Å². The zero-order chi connectivity index (χ0) is 13.4. The molecule has 0 atom stereocenters. The third-order valence-electron chi connectivity index (χ3n) is 2.21. The predicted molar refractivity (Wildman–Crippen MR) is 72.8 cm³/mol. The topological polar surface area (TPSA) is 89.2 Å². The highest BCUT2D eigenvalue weighted by Crippen LogP contribution is 2.08. The van der Waals surface area contributed by atoms with Gasteiger partial charge in [-0.2, -0.15) is 15.0 Å². The van der Waals surface area contributed by atoms with Crippen LogP contribution in [0.1, 0.15) is 19.8 Å². The summed E-state index contributed by atoms with van der Waals surface area (Å²) in [6, 6.07) is 0. The van der Waals surface area contributed by atoms with Crippen molar-refractivity contribution in [3.05, 3.63) is 0 Å². The molecule has 1 rings (SSSR count). The molecule has 0 aromatic carbocycles. The summed E-state index contributed by atoms with van der Waals surface area (Å²) in [7, 11) is 3.71. The van der Waals surface area contributed by atoms with Crippen LogP contribution in [0.3, 0.4) is 0 Å². The van der Waals surface area contributed by atoms with Crippen LogP contribution in [-0.4, -0.2) is 48.8 Å². The fourth-order valence-electron chi connectivity index (χ4n) is 1.24. The Kier molecular flexibility index (Phi) is 6.13. The minimum Gasteiger partial charge on any atom is -0.380 e. The van der Waals surface area contributed by atoms with Gasteiger partial charge >= 0.3 is 0 Å². The summed E-state index contributed by atoms with van der Waals surface area (Å²) in [5.74, 6) is 1.23. The molecule has 18 heavy (non-hydrogen) atoms. The molecule has 0 saturated heterocycles. The lowest BCUT2D eigenvalue weighted by Crippen LogP contribution is -2.18. The average molecular weight is 254 g/mol. The van der Waals surface area contributed by atoms with Crippen LogP contribution < -0.4 is 16.0 Å². The Bertz CT molecular complexity index is 357. The summed E-state index contributed by atoms with van der Waals surface area (Å²) in [5.41, 5.74) is 5.61. The van der Waals surface area contributed by atoms with Crippen LogP contribution in [-0.2, 0) is 4.74 Å². The molecule has 0 bridgehead atoms. The maximum Gasteiger partial charge on any atom is 0.231 e. The van der Waals surface area contributed by atoms with Gasteiger partial charge in [0.2, 0.25) is 17.8 Å². The fourth-order valence-corrected chi connectivity index (χ4v) is 1.24. The molecule has 0 aliphatic rings. The van der Waals surface area contributed by atoms with E-state index in [2.05, 4.69) is 27.2 Å². The van der Waals surface area contributed by atoms with Gasteiger partial charge in [-0.25, -0.2) is 0 Å². The van der Waals surface area contributed by atoms with E-state index in [0.717, 1.165) is 19.4 Å². The fraction of sp³-hybridized carbons (Fsp3) is 0.727. The number of ether oxygens (including phenoxy) is 1. The second-order valence-corrected chi connectivity index (χ2v) is 4.10. The third kappa shape index (κ3) is 5.13. The Balaban J connectivity index is 2.37. The Morgan fingerprint density at radius 2 is 2.00 bits per heavy atom. The van der Waals surface area contributed by atoms with Gasteiger partial charge in [0.1, 0.15) is 0 Å². The number of unbranched alkanes of at least 4 members (excludes halogenated alkanes) is 1. The van der Waals surface area contributed by atoms with E-state index in [1.807, 2.05) is 14.1 Å². The number of anilines is 3. The molecule has 0 amide bonds. The lowest BCUT2D eigenvalue weighted by molar-refractivity contribution is 0.141. The molecule has 7 nitrogen and oxygen atoms in total. The molecule has 1 aromatic heterocycles. The summed E-state index contributed by atoms with van der Waals surface area (Å²) in [5, 5.41) is 3.06. The van der Waals surface area contributed by atoms with Crippen molar-refractivity contribution in [2.24, 2.45) is 0 Å². The van der Waals surface area contributed by atoms with Crippen molar-refractivity contribution in [2.45, 2.75) is 19.8 Å². The van der Waals surface area contributed by atoms with Gasteiger partial charge in [-0.3, -0.25) is 0 Å². The van der Waals surface area contributed by atoms with Crippen LogP contribution in [0.4, 0.5) is 17.8 Å². The van der Waals surface area contributed by atoms with Gasteiger partial charge in [0, 0.05) is 27.2 Å². The Morgan fingerprint density at radius 3 is 2.67 bits per heavy atom. The number of nitrogen functional groups attached to an aromatic ring is 1. The van der Waals surface area contributed by atoms with E-state index in [0.29, 0.717) is 25.0 Å². The van der Waals surface area contributed by atoms with Crippen molar-refractivity contribution in [1.82, 2.24) is 15.0 Å². The summed E-state index contributed by atoms with van der Waals surface area (Å²) in [4.78, 5) is 14.0. The molecule has 0 saturated carbocycles. The molecule has 7 heteroatoms. The van der Waals surface area contributed by atoms with E-state index < -0.39 is 0 Å². The molecule has 102 valence electrons. The largest absolute Gasteiger partial charge is 0.380 e. The number of hydrogen-bond acceptors (Lipinski definition) is 7. The predicted octanol–water partition coefficient (Wildman–Crippen LogP) is 0.748. The number of nitrogens with zero attached hydrogens (tertiary/aromatic N) is 4. The maximum atomic E-state index is 5.61. The Morgan fingerprint density at radius 1 is 1.22 bits per heavy atom. The molecular formula is C11H22N6O. The number of nitrogens with two attached hydrogens (primary N) is 1. The SMILES string of the molecule is CCCCOCCNc1nc(N)nc(N(C)C)n1. The molecule has 1 heterocycles. The summed E-state index contributed by atoms with van der Waals surface area (Å²) in [6.07, 6.45) is 2.23. The molecule has 0 aliphatic heterocycles. The quantitative estimate of drug-likeness (QED) is 0.661. The van der Waals surface area contributed by atoms with E-state index in [9.17, 15) is 0 Å². The smallest absolute Gasteiger partial charge is 0.231 e. The first-order valence-electron chi connectivity index (χ1n) is 6.14. The normalized spacial score (nSPS) is 10.4. The second kappa shape index (κ2) is 7.65. The molecule has 0 radical (unpaired) electrons.